The number of fused-ring (bicyclic) bond motifs is 1. The molecule has 3 aromatic rings. The van der Waals surface area contributed by atoms with Crippen LogP contribution in [-0.4, -0.2) is 16.8 Å². The Hall–Kier alpha value is -2.36. The van der Waals surface area contributed by atoms with Crippen LogP contribution in [0.4, 0.5) is 5.69 Å². The molecule has 0 saturated heterocycles. The summed E-state index contributed by atoms with van der Waals surface area (Å²) < 4.78 is 0. The lowest BCUT2D eigenvalue weighted by Crippen LogP contribution is -2.36. The molecular formula is C21H17Cl2NO2. The van der Waals surface area contributed by atoms with E-state index in [1.807, 2.05) is 36.4 Å². The van der Waals surface area contributed by atoms with E-state index in [4.69, 9.17) is 23.2 Å². The second-order valence-corrected chi connectivity index (χ2v) is 7.25. The molecule has 0 aromatic heterocycles. The zero-order valence-corrected chi connectivity index (χ0v) is 15.4. The Morgan fingerprint density at radius 2 is 1.50 bits per heavy atom. The van der Waals surface area contributed by atoms with Crippen LogP contribution in [0.15, 0.2) is 60.7 Å². The monoisotopic (exact) mass is 385 g/mol. The maximum absolute atomic E-state index is 9.86. The Labute approximate surface area is 162 Å². The van der Waals surface area contributed by atoms with Gasteiger partial charge < -0.3 is 15.1 Å². The first-order chi connectivity index (χ1) is 12.5. The summed E-state index contributed by atoms with van der Waals surface area (Å²) in [5, 5.41) is 20.7. The van der Waals surface area contributed by atoms with Crippen molar-refractivity contribution in [3.05, 3.63) is 87.4 Å². The summed E-state index contributed by atoms with van der Waals surface area (Å²) >= 11 is 12.6. The lowest BCUT2D eigenvalue weighted by atomic mass is 9.87. The van der Waals surface area contributed by atoms with Gasteiger partial charge in [-0.3, -0.25) is 0 Å². The van der Waals surface area contributed by atoms with Crippen LogP contribution < -0.4 is 4.90 Å². The highest BCUT2D eigenvalue weighted by Gasteiger charge is 2.30. The molecule has 1 atom stereocenters. The van der Waals surface area contributed by atoms with E-state index >= 15 is 0 Å². The molecule has 5 heteroatoms. The number of anilines is 1. The van der Waals surface area contributed by atoms with E-state index in [0.29, 0.717) is 10.0 Å². The molecule has 0 bridgehead atoms. The van der Waals surface area contributed by atoms with Crippen LogP contribution in [0.3, 0.4) is 0 Å². The third-order valence-corrected chi connectivity index (χ3v) is 5.36. The van der Waals surface area contributed by atoms with Gasteiger partial charge in [0.25, 0.3) is 0 Å². The number of benzene rings is 3. The van der Waals surface area contributed by atoms with Gasteiger partial charge in [0.2, 0.25) is 0 Å². The van der Waals surface area contributed by atoms with E-state index in [-0.39, 0.29) is 17.5 Å². The van der Waals surface area contributed by atoms with Crippen molar-refractivity contribution in [1.82, 2.24) is 0 Å². The Bertz CT molecular complexity index is 957. The van der Waals surface area contributed by atoms with Gasteiger partial charge in [-0.1, -0.05) is 35.3 Å². The summed E-state index contributed by atoms with van der Waals surface area (Å²) in [6.07, 6.45) is 0.812. The molecular weight excluding hydrogens is 369 g/mol. The Kier molecular flexibility index (Phi) is 4.43. The number of phenols is 2. The van der Waals surface area contributed by atoms with E-state index in [2.05, 4.69) is 4.90 Å². The molecule has 0 aliphatic carbocycles. The first-order valence-corrected chi connectivity index (χ1v) is 9.11. The van der Waals surface area contributed by atoms with E-state index in [1.54, 1.807) is 24.3 Å². The summed E-state index contributed by atoms with van der Waals surface area (Å²) in [6.45, 7) is 0.769. The lowest BCUT2D eigenvalue weighted by Gasteiger charge is -2.40. The molecule has 1 heterocycles. The number of hydrogen-bond acceptors (Lipinski definition) is 3. The van der Waals surface area contributed by atoms with Crippen molar-refractivity contribution in [3.63, 3.8) is 0 Å². The molecule has 1 aliphatic rings. The summed E-state index contributed by atoms with van der Waals surface area (Å²) in [5.74, 6) is 0.500. The molecule has 1 unspecified atom stereocenters. The van der Waals surface area contributed by atoms with Crippen LogP contribution in [0.1, 0.15) is 22.7 Å². The van der Waals surface area contributed by atoms with Gasteiger partial charge in [-0.05, 0) is 71.6 Å². The van der Waals surface area contributed by atoms with Crippen molar-refractivity contribution in [2.24, 2.45) is 0 Å². The summed E-state index contributed by atoms with van der Waals surface area (Å²) in [7, 11) is 0. The molecule has 2 N–H and O–H groups in total. The molecule has 1 aliphatic heterocycles. The molecule has 0 spiro atoms. The molecule has 0 fully saturated rings. The van der Waals surface area contributed by atoms with Gasteiger partial charge in [0, 0.05) is 22.3 Å². The predicted molar refractivity (Wildman–Crippen MR) is 106 cm³/mol. The third kappa shape index (κ3) is 3.09. The van der Waals surface area contributed by atoms with Crippen molar-refractivity contribution in [2.45, 2.75) is 12.5 Å². The number of halogens is 2. The quantitative estimate of drug-likeness (QED) is 0.606. The minimum Gasteiger partial charge on any atom is -0.508 e. The first kappa shape index (κ1) is 17.1. The lowest BCUT2D eigenvalue weighted by molar-refractivity contribution is 0.472. The minimum absolute atomic E-state index is 0.103. The van der Waals surface area contributed by atoms with Crippen LogP contribution in [0.2, 0.25) is 10.0 Å². The predicted octanol–water partition coefficient (Wildman–Crippen LogP) is 5.56. The Morgan fingerprint density at radius 1 is 0.808 bits per heavy atom. The van der Waals surface area contributed by atoms with Gasteiger partial charge in [0.1, 0.15) is 11.5 Å². The second-order valence-electron chi connectivity index (χ2n) is 6.41. The highest BCUT2D eigenvalue weighted by atomic mass is 35.5. The average Bonchev–Trinajstić information content (AvgIpc) is 2.62. The molecule has 0 amide bonds. The van der Waals surface area contributed by atoms with Crippen LogP contribution in [0, 0.1) is 0 Å². The fourth-order valence-electron chi connectivity index (χ4n) is 3.59. The Balaban J connectivity index is 1.88. The molecule has 4 rings (SSSR count). The largest absolute Gasteiger partial charge is 0.508 e. The number of nitrogens with zero attached hydrogens (tertiary/aromatic N) is 1. The topological polar surface area (TPSA) is 43.7 Å². The zero-order chi connectivity index (χ0) is 18.3. The van der Waals surface area contributed by atoms with Crippen molar-refractivity contribution < 1.29 is 10.2 Å². The van der Waals surface area contributed by atoms with Crippen molar-refractivity contribution in [1.29, 1.82) is 0 Å². The van der Waals surface area contributed by atoms with E-state index in [0.717, 1.165) is 35.3 Å². The maximum atomic E-state index is 9.86. The van der Waals surface area contributed by atoms with Crippen LogP contribution >= 0.6 is 23.2 Å². The summed E-state index contributed by atoms with van der Waals surface area (Å²) in [5.41, 5.74) is 4.16. The van der Waals surface area contributed by atoms with E-state index < -0.39 is 0 Å². The van der Waals surface area contributed by atoms with E-state index in [9.17, 15) is 10.2 Å². The summed E-state index contributed by atoms with van der Waals surface area (Å²) in [6, 6.07) is 18.1. The molecule has 0 radical (unpaired) electrons. The second kappa shape index (κ2) is 6.75. The van der Waals surface area contributed by atoms with Crippen LogP contribution in [-0.2, 0) is 6.42 Å². The van der Waals surface area contributed by atoms with Gasteiger partial charge in [0.15, 0.2) is 0 Å². The highest BCUT2D eigenvalue weighted by molar-refractivity contribution is 6.35. The minimum atomic E-state index is -0.103. The standard InChI is InChI=1S/C21H17Cl2NO2/c22-14-1-7-19(20(23)12-14)21-18-8-6-17(26)11-13(18)9-10-24(21)15-2-4-16(25)5-3-15/h1-8,11-12,21,25-26H,9-10H2. The van der Waals surface area contributed by atoms with Gasteiger partial charge in [-0.15, -0.1) is 0 Å². The van der Waals surface area contributed by atoms with Crippen LogP contribution in [0.5, 0.6) is 11.5 Å². The van der Waals surface area contributed by atoms with Gasteiger partial charge >= 0.3 is 0 Å². The van der Waals surface area contributed by atoms with Gasteiger partial charge in [-0.2, -0.15) is 0 Å². The normalized spacial score (nSPS) is 16.4. The van der Waals surface area contributed by atoms with Crippen molar-refractivity contribution in [2.75, 3.05) is 11.4 Å². The smallest absolute Gasteiger partial charge is 0.115 e. The van der Waals surface area contributed by atoms with Crippen molar-refractivity contribution in [3.8, 4) is 11.5 Å². The van der Waals surface area contributed by atoms with Crippen LogP contribution in [0.25, 0.3) is 0 Å². The fourth-order valence-corrected chi connectivity index (χ4v) is 4.11. The van der Waals surface area contributed by atoms with Gasteiger partial charge in [-0.25, -0.2) is 0 Å². The first-order valence-electron chi connectivity index (χ1n) is 8.35. The number of aromatic hydroxyl groups is 2. The SMILES string of the molecule is Oc1ccc(N2CCc3cc(O)ccc3C2c2ccc(Cl)cc2Cl)cc1. The number of phenolic OH excluding ortho intramolecular Hbond substituents is 2. The Morgan fingerprint density at radius 3 is 2.23 bits per heavy atom. The molecule has 26 heavy (non-hydrogen) atoms. The molecule has 3 nitrogen and oxygen atoms in total. The fraction of sp³-hybridized carbons (Fsp3) is 0.143. The van der Waals surface area contributed by atoms with E-state index in [1.165, 1.54) is 0 Å². The molecule has 0 saturated carbocycles. The number of hydrogen-bond donors (Lipinski definition) is 2. The number of rotatable bonds is 2. The zero-order valence-electron chi connectivity index (χ0n) is 13.9. The maximum Gasteiger partial charge on any atom is 0.115 e. The third-order valence-electron chi connectivity index (χ3n) is 4.79. The van der Waals surface area contributed by atoms with Crippen molar-refractivity contribution >= 4 is 28.9 Å². The summed E-state index contributed by atoms with van der Waals surface area (Å²) in [4.78, 5) is 2.26. The molecule has 3 aromatic carbocycles. The molecule has 132 valence electrons. The average molecular weight is 386 g/mol. The highest BCUT2D eigenvalue weighted by Crippen LogP contribution is 2.42. The van der Waals surface area contributed by atoms with Gasteiger partial charge in [0.05, 0.1) is 6.04 Å².